The molecule has 5 nitrogen and oxygen atoms in total. The van der Waals surface area contributed by atoms with Crippen LogP contribution < -0.4 is 5.32 Å². The van der Waals surface area contributed by atoms with Crippen molar-refractivity contribution < 1.29 is 19.1 Å². The molecule has 1 atom stereocenters. The zero-order chi connectivity index (χ0) is 15.7. The van der Waals surface area contributed by atoms with Gasteiger partial charge in [0.2, 0.25) is 5.91 Å². The molecule has 0 radical (unpaired) electrons. The molecule has 0 aromatic heterocycles. The number of ether oxygens (including phenoxy) is 1. The normalized spacial score (nSPS) is 25.1. The largest absolute Gasteiger partial charge is 0.463 e. The van der Waals surface area contributed by atoms with Gasteiger partial charge in [0.25, 0.3) is 0 Å². The molecule has 3 rings (SSSR count). The lowest BCUT2D eigenvalue weighted by Crippen LogP contribution is -2.33. The summed E-state index contributed by atoms with van der Waals surface area (Å²) in [6.45, 7) is 2.13. The van der Waals surface area contributed by atoms with Gasteiger partial charge in [0.1, 0.15) is 5.78 Å². The Hall–Kier alpha value is -1.30. The van der Waals surface area contributed by atoms with E-state index in [0.717, 1.165) is 31.4 Å². The molecule has 3 aliphatic carbocycles. The quantitative estimate of drug-likeness (QED) is 0.798. The van der Waals surface area contributed by atoms with E-state index in [0.29, 0.717) is 37.9 Å². The Morgan fingerprint density at radius 1 is 1.26 bits per heavy atom. The average molecular weight is 339 g/mol. The van der Waals surface area contributed by atoms with Crippen LogP contribution in [0.15, 0.2) is 11.3 Å². The summed E-state index contributed by atoms with van der Waals surface area (Å²) in [7, 11) is 0. The number of allylic oxidation sites excluding steroid dienone is 1. The minimum absolute atomic E-state index is 0. The number of rotatable bonds is 4. The molecule has 0 heterocycles. The van der Waals surface area contributed by atoms with E-state index in [1.54, 1.807) is 6.92 Å². The molecule has 2 fully saturated rings. The van der Waals surface area contributed by atoms with E-state index in [-0.39, 0.29) is 42.5 Å². The molecule has 0 aromatic rings. The van der Waals surface area contributed by atoms with Crippen LogP contribution in [0.25, 0.3) is 0 Å². The molecule has 128 valence electrons. The topological polar surface area (TPSA) is 72.5 Å². The molecule has 0 unspecified atom stereocenters. The molecule has 0 saturated heterocycles. The van der Waals surface area contributed by atoms with Crippen molar-refractivity contribution in [3.63, 3.8) is 0 Å². The van der Waals surface area contributed by atoms with Crippen LogP contribution in [0.4, 0.5) is 0 Å². The maximum Gasteiger partial charge on any atom is 0.335 e. The van der Waals surface area contributed by atoms with Crippen LogP contribution in [0.1, 0.15) is 58.3 Å². The van der Waals surface area contributed by atoms with Gasteiger partial charge in [-0.25, -0.2) is 4.79 Å². The molecule has 1 amide bonds. The molecule has 0 aliphatic heterocycles. The van der Waals surface area contributed by atoms with Crippen LogP contribution in [0.3, 0.4) is 0 Å². The summed E-state index contributed by atoms with van der Waals surface area (Å²) in [6, 6.07) is 0. The molecule has 1 N–H and O–H groups in total. The molecule has 0 aromatic carbocycles. The summed E-state index contributed by atoms with van der Waals surface area (Å²) in [5, 5.41) is 2.92. The van der Waals surface area contributed by atoms with E-state index in [4.69, 9.17) is 4.74 Å². The van der Waals surface area contributed by atoms with Gasteiger partial charge in [-0.1, -0.05) is 0 Å². The highest BCUT2D eigenvalue weighted by atomic mass is 32.1. The van der Waals surface area contributed by atoms with Gasteiger partial charge < -0.3 is 10.1 Å². The average Bonchev–Trinajstić information content (AvgIpc) is 3.10. The molecule has 0 bridgehead atoms. The van der Waals surface area contributed by atoms with Crippen molar-refractivity contribution in [2.24, 2.45) is 11.3 Å². The lowest BCUT2D eigenvalue weighted by molar-refractivity contribution is -0.139. The van der Waals surface area contributed by atoms with Crippen LogP contribution in [0.2, 0.25) is 0 Å². The number of esters is 1. The number of carbonyl (C=O) groups excluding carboxylic acids is 3. The second-order valence-electron chi connectivity index (χ2n) is 6.82. The van der Waals surface area contributed by atoms with Crippen LogP contribution in [-0.2, 0) is 19.1 Å². The first-order chi connectivity index (χ1) is 10.5. The number of carbonyl (C=O) groups is 3. The van der Waals surface area contributed by atoms with Crippen molar-refractivity contribution in [3.8, 4) is 0 Å². The Labute approximate surface area is 143 Å². The Kier molecular flexibility index (Phi) is 5.55. The highest BCUT2D eigenvalue weighted by Crippen LogP contribution is 2.57. The zero-order valence-corrected chi connectivity index (χ0v) is 14.6. The van der Waals surface area contributed by atoms with Crippen molar-refractivity contribution in [2.75, 3.05) is 6.61 Å². The summed E-state index contributed by atoms with van der Waals surface area (Å²) in [6.07, 6.45) is 6.22. The van der Waals surface area contributed by atoms with Gasteiger partial charge >= 0.3 is 5.97 Å². The van der Waals surface area contributed by atoms with E-state index in [2.05, 4.69) is 5.32 Å². The predicted octanol–water partition coefficient (Wildman–Crippen LogP) is 2.37. The third-order valence-electron chi connectivity index (χ3n) is 5.19. The maximum absolute atomic E-state index is 12.3. The maximum atomic E-state index is 12.3. The van der Waals surface area contributed by atoms with Gasteiger partial charge in [0.05, 0.1) is 12.2 Å². The molecular formula is C17H25NO4S. The molecular weight excluding hydrogens is 314 g/mol. The number of hydrogen-bond donors (Lipinski definition) is 1. The zero-order valence-electron chi connectivity index (χ0n) is 13.6. The van der Waals surface area contributed by atoms with E-state index < -0.39 is 0 Å². The van der Waals surface area contributed by atoms with Crippen LogP contribution in [0.5, 0.6) is 0 Å². The third-order valence-corrected chi connectivity index (χ3v) is 5.19. The third kappa shape index (κ3) is 3.97. The van der Waals surface area contributed by atoms with Gasteiger partial charge in [-0.15, -0.1) is 0 Å². The highest BCUT2D eigenvalue weighted by Gasteiger charge is 2.47. The summed E-state index contributed by atoms with van der Waals surface area (Å²) < 4.78 is 5.15. The number of hydrogen-bond acceptors (Lipinski definition) is 4. The van der Waals surface area contributed by atoms with Gasteiger partial charge in [-0.2, -0.15) is 13.5 Å². The van der Waals surface area contributed by atoms with E-state index in [1.165, 1.54) is 0 Å². The Balaban J connectivity index is 0.00000192. The highest BCUT2D eigenvalue weighted by molar-refractivity contribution is 7.59. The van der Waals surface area contributed by atoms with E-state index in [1.807, 2.05) is 0 Å². The summed E-state index contributed by atoms with van der Waals surface area (Å²) in [5.74, 6) is -0.499. The fourth-order valence-corrected chi connectivity index (χ4v) is 3.55. The smallest absolute Gasteiger partial charge is 0.335 e. The standard InChI is InChI=1S/C17H23NO4.H2S/c1-2-22-16(21)13-10-17(7-8-17)6-5-14(13)18-15(20)11-3-4-12(19)9-11;/h11H,2-10H2,1H3,(H,18,20);1H2/t11-;/m0./s1. The summed E-state index contributed by atoms with van der Waals surface area (Å²) in [5.41, 5.74) is 1.64. The monoisotopic (exact) mass is 339 g/mol. The Morgan fingerprint density at radius 3 is 2.57 bits per heavy atom. The Morgan fingerprint density at radius 2 is 2.00 bits per heavy atom. The SMILES string of the molecule is CCOC(=O)C1=C(NC(=O)[C@H]2CCC(=O)C2)CCC2(CC2)C1.S. The first kappa shape index (κ1) is 18.0. The first-order valence-electron chi connectivity index (χ1n) is 8.25. The second kappa shape index (κ2) is 7.07. The number of Topliss-reactive ketones (excluding diaryl/α,β-unsaturated/α-hetero) is 1. The first-order valence-corrected chi connectivity index (χ1v) is 8.25. The van der Waals surface area contributed by atoms with Crippen LogP contribution in [-0.4, -0.2) is 24.3 Å². The fourth-order valence-electron chi connectivity index (χ4n) is 3.55. The molecule has 2 saturated carbocycles. The van der Waals surface area contributed by atoms with Crippen molar-refractivity contribution in [3.05, 3.63) is 11.3 Å². The molecule has 6 heteroatoms. The number of nitrogens with one attached hydrogen (secondary N) is 1. The minimum atomic E-state index is -0.300. The van der Waals surface area contributed by atoms with Gasteiger partial charge in [-0.05, 0) is 50.9 Å². The molecule has 23 heavy (non-hydrogen) atoms. The lowest BCUT2D eigenvalue weighted by atomic mass is 9.83. The Bertz CT molecular complexity index is 551. The van der Waals surface area contributed by atoms with Crippen molar-refractivity contribution >= 4 is 31.2 Å². The molecule has 3 aliphatic rings. The summed E-state index contributed by atoms with van der Waals surface area (Å²) >= 11 is 0. The van der Waals surface area contributed by atoms with Gasteiger partial charge in [0.15, 0.2) is 0 Å². The fraction of sp³-hybridized carbons (Fsp3) is 0.706. The number of amides is 1. The van der Waals surface area contributed by atoms with Crippen LogP contribution >= 0.6 is 13.5 Å². The summed E-state index contributed by atoms with van der Waals surface area (Å²) in [4.78, 5) is 35.8. The number of ketones is 1. The lowest BCUT2D eigenvalue weighted by Gasteiger charge is -2.27. The van der Waals surface area contributed by atoms with E-state index >= 15 is 0 Å². The van der Waals surface area contributed by atoms with E-state index in [9.17, 15) is 14.4 Å². The van der Waals surface area contributed by atoms with Crippen LogP contribution in [0, 0.1) is 11.3 Å². The van der Waals surface area contributed by atoms with Crippen molar-refractivity contribution in [1.29, 1.82) is 0 Å². The predicted molar refractivity (Wildman–Crippen MR) is 90.0 cm³/mol. The van der Waals surface area contributed by atoms with Gasteiger partial charge in [-0.3, -0.25) is 9.59 Å². The van der Waals surface area contributed by atoms with Gasteiger partial charge in [0, 0.05) is 24.5 Å². The second-order valence-corrected chi connectivity index (χ2v) is 6.82. The van der Waals surface area contributed by atoms with Crippen molar-refractivity contribution in [2.45, 2.75) is 58.3 Å². The van der Waals surface area contributed by atoms with Crippen molar-refractivity contribution in [1.82, 2.24) is 5.32 Å². The minimum Gasteiger partial charge on any atom is -0.463 e. The molecule has 1 spiro atoms.